The van der Waals surface area contributed by atoms with E-state index < -0.39 is 18.0 Å². The van der Waals surface area contributed by atoms with Crippen molar-refractivity contribution in [1.29, 1.82) is 0 Å². The van der Waals surface area contributed by atoms with E-state index in [9.17, 15) is 18.0 Å². The zero-order chi connectivity index (χ0) is 17.0. The molecular weight excluding hydrogens is 315 g/mol. The number of amides is 1. The third-order valence-corrected chi connectivity index (χ3v) is 2.68. The van der Waals surface area contributed by atoms with Gasteiger partial charge in [0.25, 0.3) is 0 Å². The molecule has 0 atom stereocenters. The van der Waals surface area contributed by atoms with Crippen LogP contribution in [-0.2, 0) is 12.7 Å². The van der Waals surface area contributed by atoms with Crippen molar-refractivity contribution in [3.8, 4) is 11.6 Å². The average molecular weight is 327 g/mol. The highest BCUT2D eigenvalue weighted by Gasteiger charge is 2.33. The molecule has 23 heavy (non-hydrogen) atoms. The van der Waals surface area contributed by atoms with Gasteiger partial charge in [-0.2, -0.15) is 13.2 Å². The minimum atomic E-state index is -4.69. The van der Waals surface area contributed by atoms with Crippen molar-refractivity contribution in [3.05, 3.63) is 47.7 Å². The third-order valence-electron chi connectivity index (χ3n) is 2.68. The first-order valence-electron chi connectivity index (χ1n) is 6.32. The van der Waals surface area contributed by atoms with E-state index in [4.69, 9.17) is 15.6 Å². The zero-order valence-electron chi connectivity index (χ0n) is 11.6. The summed E-state index contributed by atoms with van der Waals surface area (Å²) in [6, 6.07) is 8.07. The highest BCUT2D eigenvalue weighted by Crippen LogP contribution is 2.31. The first kappa shape index (κ1) is 16.4. The van der Waals surface area contributed by atoms with Gasteiger partial charge >= 0.3 is 12.3 Å². The van der Waals surface area contributed by atoms with Gasteiger partial charge in [-0.25, -0.2) is 9.78 Å². The number of hydrogen-bond donors (Lipinski definition) is 3. The molecule has 0 bridgehead atoms. The highest BCUT2D eigenvalue weighted by atomic mass is 19.4. The van der Waals surface area contributed by atoms with Crippen molar-refractivity contribution in [3.63, 3.8) is 0 Å². The van der Waals surface area contributed by atoms with Crippen LogP contribution in [-0.4, -0.2) is 16.2 Å². The molecule has 1 aromatic carbocycles. The van der Waals surface area contributed by atoms with E-state index in [0.29, 0.717) is 5.69 Å². The Kier molecular flexibility index (Phi) is 4.58. The Labute approximate surface area is 128 Å². The number of aromatic nitrogens is 1. The number of rotatable bonds is 4. The Morgan fingerprint density at radius 1 is 1.30 bits per heavy atom. The first-order valence-corrected chi connectivity index (χ1v) is 6.32. The molecule has 0 unspecified atom stereocenters. The van der Waals surface area contributed by atoms with Crippen LogP contribution in [0.25, 0.3) is 0 Å². The van der Waals surface area contributed by atoms with E-state index in [2.05, 4.69) is 4.98 Å². The molecule has 0 aliphatic heterocycles. The number of nitrogens with two attached hydrogens (primary N) is 1. The van der Waals surface area contributed by atoms with Gasteiger partial charge in [0.15, 0.2) is 0 Å². The SMILES string of the molecule is Nc1cccc(Oc2cc(CNC(=O)O)cc(C(F)(F)F)n2)c1. The van der Waals surface area contributed by atoms with Gasteiger partial charge in [0.05, 0.1) is 0 Å². The fraction of sp³-hybridized carbons (Fsp3) is 0.143. The lowest BCUT2D eigenvalue weighted by atomic mass is 10.2. The highest BCUT2D eigenvalue weighted by molar-refractivity contribution is 5.64. The Hall–Kier alpha value is -2.97. The summed E-state index contributed by atoms with van der Waals surface area (Å²) in [5.41, 5.74) is 4.83. The number of benzene rings is 1. The van der Waals surface area contributed by atoms with Gasteiger partial charge in [0.2, 0.25) is 5.88 Å². The number of nitrogen functional groups attached to an aromatic ring is 1. The molecule has 0 aliphatic rings. The zero-order valence-corrected chi connectivity index (χ0v) is 11.6. The largest absolute Gasteiger partial charge is 0.465 e. The van der Waals surface area contributed by atoms with Crippen molar-refractivity contribution in [2.24, 2.45) is 0 Å². The summed E-state index contributed by atoms with van der Waals surface area (Å²) in [6.07, 6.45) is -6.04. The smallest absolute Gasteiger partial charge is 0.433 e. The minimum absolute atomic E-state index is 0.0635. The van der Waals surface area contributed by atoms with Crippen LogP contribution in [0, 0.1) is 0 Å². The lowest BCUT2D eigenvalue weighted by Gasteiger charge is -2.12. The molecule has 0 fully saturated rings. The summed E-state index contributed by atoms with van der Waals surface area (Å²) in [5.74, 6) is -0.0958. The second kappa shape index (κ2) is 6.42. The summed E-state index contributed by atoms with van der Waals surface area (Å²) >= 11 is 0. The Morgan fingerprint density at radius 2 is 2.04 bits per heavy atom. The fourth-order valence-electron chi connectivity index (χ4n) is 1.74. The molecular formula is C14H12F3N3O3. The monoisotopic (exact) mass is 327 g/mol. The number of nitrogens with one attached hydrogen (secondary N) is 1. The molecule has 122 valence electrons. The number of hydrogen-bond acceptors (Lipinski definition) is 4. The molecule has 6 nitrogen and oxygen atoms in total. The van der Waals surface area contributed by atoms with Crippen LogP contribution in [0.3, 0.4) is 0 Å². The Balaban J connectivity index is 2.33. The molecule has 0 aliphatic carbocycles. The van der Waals surface area contributed by atoms with Crippen LogP contribution < -0.4 is 15.8 Å². The number of halogens is 3. The summed E-state index contributed by atoms with van der Waals surface area (Å²) in [4.78, 5) is 13.9. The van der Waals surface area contributed by atoms with Crippen LogP contribution in [0.5, 0.6) is 11.6 Å². The Morgan fingerprint density at radius 3 is 2.65 bits per heavy atom. The summed E-state index contributed by atoms with van der Waals surface area (Å²) in [5, 5.41) is 10.5. The second-order valence-corrected chi connectivity index (χ2v) is 4.53. The lowest BCUT2D eigenvalue weighted by molar-refractivity contribution is -0.141. The predicted molar refractivity (Wildman–Crippen MR) is 75.0 cm³/mol. The standard InChI is InChI=1S/C14H12F3N3O3/c15-14(16,17)11-4-8(7-19-13(21)22)5-12(20-11)23-10-3-1-2-9(18)6-10/h1-6,19H,7,18H2,(H,21,22). The molecule has 1 aromatic heterocycles. The lowest BCUT2D eigenvalue weighted by Crippen LogP contribution is -2.20. The van der Waals surface area contributed by atoms with E-state index >= 15 is 0 Å². The van der Waals surface area contributed by atoms with E-state index in [-0.39, 0.29) is 23.7 Å². The van der Waals surface area contributed by atoms with E-state index in [1.807, 2.05) is 5.32 Å². The van der Waals surface area contributed by atoms with Crippen molar-refractivity contribution in [1.82, 2.24) is 10.3 Å². The van der Waals surface area contributed by atoms with Gasteiger partial charge in [-0.15, -0.1) is 0 Å². The molecule has 2 rings (SSSR count). The topological polar surface area (TPSA) is 97.5 Å². The molecule has 9 heteroatoms. The molecule has 0 saturated carbocycles. The summed E-state index contributed by atoms with van der Waals surface area (Å²) in [7, 11) is 0. The number of pyridine rings is 1. The molecule has 4 N–H and O–H groups in total. The fourth-order valence-corrected chi connectivity index (χ4v) is 1.74. The van der Waals surface area contributed by atoms with Crippen molar-refractivity contribution in [2.75, 3.05) is 5.73 Å². The van der Waals surface area contributed by atoms with Crippen molar-refractivity contribution < 1.29 is 27.8 Å². The van der Waals surface area contributed by atoms with Crippen molar-refractivity contribution >= 4 is 11.8 Å². The van der Waals surface area contributed by atoms with Crippen molar-refractivity contribution in [2.45, 2.75) is 12.7 Å². The first-order chi connectivity index (χ1) is 10.7. The number of nitrogens with zero attached hydrogens (tertiary/aromatic N) is 1. The molecule has 0 spiro atoms. The van der Waals surface area contributed by atoms with Gasteiger partial charge in [0.1, 0.15) is 11.4 Å². The number of ether oxygens (including phenoxy) is 1. The number of carbonyl (C=O) groups is 1. The Bertz CT molecular complexity index is 720. The van der Waals surface area contributed by atoms with Crippen LogP contribution in [0.1, 0.15) is 11.3 Å². The maximum atomic E-state index is 12.9. The number of alkyl halides is 3. The van der Waals surface area contributed by atoms with Crippen LogP contribution in [0.2, 0.25) is 0 Å². The van der Waals surface area contributed by atoms with Crippen LogP contribution in [0.4, 0.5) is 23.7 Å². The van der Waals surface area contributed by atoms with E-state index in [1.54, 1.807) is 12.1 Å². The normalized spacial score (nSPS) is 11.1. The third kappa shape index (κ3) is 4.77. The summed E-state index contributed by atoms with van der Waals surface area (Å²) < 4.78 is 43.9. The quantitative estimate of drug-likeness (QED) is 0.749. The van der Waals surface area contributed by atoms with E-state index in [0.717, 1.165) is 6.07 Å². The summed E-state index contributed by atoms with van der Waals surface area (Å²) in [6.45, 7) is -0.311. The van der Waals surface area contributed by atoms with E-state index in [1.165, 1.54) is 18.2 Å². The molecule has 0 radical (unpaired) electrons. The number of carboxylic acid groups (broad SMARTS) is 1. The number of anilines is 1. The molecule has 1 amide bonds. The van der Waals surface area contributed by atoms with Gasteiger partial charge in [-0.05, 0) is 23.8 Å². The van der Waals surface area contributed by atoms with Gasteiger partial charge in [0, 0.05) is 24.4 Å². The van der Waals surface area contributed by atoms with Gasteiger partial charge in [-0.3, -0.25) is 0 Å². The van der Waals surface area contributed by atoms with Crippen LogP contribution in [0.15, 0.2) is 36.4 Å². The second-order valence-electron chi connectivity index (χ2n) is 4.53. The van der Waals surface area contributed by atoms with Gasteiger partial charge < -0.3 is 20.9 Å². The maximum Gasteiger partial charge on any atom is 0.433 e. The van der Waals surface area contributed by atoms with Crippen LogP contribution >= 0.6 is 0 Å². The molecule has 2 aromatic rings. The maximum absolute atomic E-state index is 12.9. The predicted octanol–water partition coefficient (Wildman–Crippen LogP) is 3.24. The molecule has 0 saturated heterocycles. The average Bonchev–Trinajstić information content (AvgIpc) is 2.44. The molecule has 1 heterocycles. The van der Waals surface area contributed by atoms with Gasteiger partial charge in [-0.1, -0.05) is 6.07 Å². The minimum Gasteiger partial charge on any atom is -0.465 e.